The number of halogens is 1. The molecule has 0 aliphatic carbocycles. The number of hydrogen-bond acceptors (Lipinski definition) is 4. The molecule has 1 saturated heterocycles. The van der Waals surface area contributed by atoms with Crippen molar-refractivity contribution in [2.75, 3.05) is 7.11 Å². The molecule has 1 fully saturated rings. The summed E-state index contributed by atoms with van der Waals surface area (Å²) in [5, 5.41) is 6.39. The number of ether oxygens (including phenoxy) is 1. The summed E-state index contributed by atoms with van der Waals surface area (Å²) < 4.78 is 18.6. The van der Waals surface area contributed by atoms with E-state index in [9.17, 15) is 14.0 Å². The predicted octanol–water partition coefficient (Wildman–Crippen LogP) is 2.86. The molecule has 5 nitrogen and oxygen atoms in total. The third-order valence-corrected chi connectivity index (χ3v) is 4.61. The summed E-state index contributed by atoms with van der Waals surface area (Å²) in [5.74, 6) is -0.760. The fourth-order valence-corrected chi connectivity index (χ4v) is 3.34. The van der Waals surface area contributed by atoms with Crippen LogP contribution in [0.4, 0.5) is 9.18 Å². The van der Waals surface area contributed by atoms with Gasteiger partial charge in [0.25, 0.3) is 5.91 Å². The van der Waals surface area contributed by atoms with Crippen molar-refractivity contribution in [3.8, 4) is 5.75 Å². The van der Waals surface area contributed by atoms with Crippen molar-refractivity contribution >= 4 is 23.3 Å². The normalized spacial score (nSPS) is 20.7. The maximum absolute atomic E-state index is 13.8. The number of methoxy groups -OCH3 is 1. The Morgan fingerprint density at radius 2 is 2.13 bits per heavy atom. The highest BCUT2D eigenvalue weighted by molar-refractivity contribution is 7.08. The van der Waals surface area contributed by atoms with E-state index in [4.69, 9.17) is 4.74 Å². The molecule has 2 aromatic rings. The monoisotopic (exact) mass is 334 g/mol. The lowest BCUT2D eigenvalue weighted by molar-refractivity contribution is -0.131. The zero-order valence-corrected chi connectivity index (χ0v) is 13.4. The minimum atomic E-state index is -1.08. The van der Waals surface area contributed by atoms with Gasteiger partial charge in [-0.05, 0) is 47.0 Å². The molecule has 7 heteroatoms. The Hall–Kier alpha value is -2.41. The molecule has 3 rings (SSSR count). The van der Waals surface area contributed by atoms with Gasteiger partial charge in [-0.25, -0.2) is 9.18 Å². The number of benzene rings is 1. The van der Waals surface area contributed by atoms with Crippen LogP contribution >= 0.6 is 11.3 Å². The molecule has 0 unspecified atom stereocenters. The van der Waals surface area contributed by atoms with Gasteiger partial charge in [0.1, 0.15) is 5.54 Å². The lowest BCUT2D eigenvalue weighted by atomic mass is 9.95. The molecular formula is C16H15FN2O3S. The molecule has 1 atom stereocenters. The van der Waals surface area contributed by atoms with Crippen molar-refractivity contribution in [2.24, 2.45) is 0 Å². The Morgan fingerprint density at radius 3 is 2.74 bits per heavy atom. The number of rotatable bonds is 4. The van der Waals surface area contributed by atoms with Gasteiger partial charge in [0.15, 0.2) is 11.6 Å². The van der Waals surface area contributed by atoms with E-state index in [1.54, 1.807) is 19.1 Å². The quantitative estimate of drug-likeness (QED) is 0.875. The van der Waals surface area contributed by atoms with Gasteiger partial charge in [-0.3, -0.25) is 9.69 Å². The molecule has 1 N–H and O–H groups in total. The molecule has 1 aliphatic heterocycles. The number of amides is 3. The standard InChI is InChI=1S/C16H15FN2O3S/c1-16(11-5-6-23-9-11)14(20)19(15(21)18-16)8-10-3-4-13(22-2)12(17)7-10/h3-7,9H,8H2,1-2H3,(H,18,21)/t16-/m1/s1. The molecule has 0 spiro atoms. The molecule has 120 valence electrons. The number of hydrogen-bond donors (Lipinski definition) is 1. The Labute approximate surface area is 136 Å². The second-order valence-electron chi connectivity index (χ2n) is 5.43. The number of carbonyl (C=O) groups is 2. The van der Waals surface area contributed by atoms with E-state index >= 15 is 0 Å². The number of carbonyl (C=O) groups excluding carboxylic acids is 2. The lowest BCUT2D eigenvalue weighted by Crippen LogP contribution is -2.40. The Balaban J connectivity index is 1.85. The Morgan fingerprint density at radius 1 is 1.35 bits per heavy atom. The van der Waals surface area contributed by atoms with Crippen molar-refractivity contribution < 1.29 is 18.7 Å². The van der Waals surface area contributed by atoms with Crippen LogP contribution in [-0.4, -0.2) is 23.9 Å². The van der Waals surface area contributed by atoms with E-state index in [0.717, 1.165) is 10.5 Å². The maximum Gasteiger partial charge on any atom is 0.325 e. The van der Waals surface area contributed by atoms with Crippen molar-refractivity contribution in [1.82, 2.24) is 10.2 Å². The first-order valence-electron chi connectivity index (χ1n) is 6.95. The highest BCUT2D eigenvalue weighted by Gasteiger charge is 2.49. The zero-order valence-electron chi connectivity index (χ0n) is 12.6. The molecule has 3 amide bonds. The zero-order chi connectivity index (χ0) is 16.6. The number of nitrogens with zero attached hydrogens (tertiary/aromatic N) is 1. The van der Waals surface area contributed by atoms with Gasteiger partial charge >= 0.3 is 6.03 Å². The van der Waals surface area contributed by atoms with E-state index in [1.807, 2.05) is 10.8 Å². The first kappa shape index (κ1) is 15.5. The molecule has 23 heavy (non-hydrogen) atoms. The van der Waals surface area contributed by atoms with E-state index in [1.165, 1.54) is 30.6 Å². The van der Waals surface area contributed by atoms with Gasteiger partial charge in [0.05, 0.1) is 13.7 Å². The van der Waals surface area contributed by atoms with Crippen molar-refractivity contribution in [3.63, 3.8) is 0 Å². The number of nitrogens with one attached hydrogen (secondary N) is 1. The second kappa shape index (κ2) is 5.66. The molecule has 1 aliphatic rings. The second-order valence-corrected chi connectivity index (χ2v) is 6.21. The summed E-state index contributed by atoms with van der Waals surface area (Å²) in [4.78, 5) is 26.0. The summed E-state index contributed by atoms with van der Waals surface area (Å²) in [5.41, 5.74) is 0.174. The molecule has 0 bridgehead atoms. The average Bonchev–Trinajstić information content (AvgIpc) is 3.12. The largest absolute Gasteiger partial charge is 0.494 e. The maximum atomic E-state index is 13.8. The number of imide groups is 1. The third kappa shape index (κ3) is 2.57. The fraction of sp³-hybridized carbons (Fsp3) is 0.250. The van der Waals surface area contributed by atoms with Crippen LogP contribution < -0.4 is 10.1 Å². The van der Waals surface area contributed by atoms with Gasteiger partial charge in [0, 0.05) is 0 Å². The molecule has 0 radical (unpaired) electrons. The van der Waals surface area contributed by atoms with Crippen LogP contribution in [0.15, 0.2) is 35.0 Å². The van der Waals surface area contributed by atoms with Gasteiger partial charge in [-0.2, -0.15) is 11.3 Å². The van der Waals surface area contributed by atoms with E-state index in [-0.39, 0.29) is 18.2 Å². The minimum Gasteiger partial charge on any atom is -0.494 e. The Bertz CT molecular complexity index is 763. The van der Waals surface area contributed by atoms with Crippen molar-refractivity contribution in [3.05, 3.63) is 52.0 Å². The molecule has 0 saturated carbocycles. The van der Waals surface area contributed by atoms with Crippen LogP contribution in [0, 0.1) is 5.82 Å². The summed E-state index contributed by atoms with van der Waals surface area (Å²) in [7, 11) is 1.38. The first-order valence-corrected chi connectivity index (χ1v) is 7.89. The summed E-state index contributed by atoms with van der Waals surface area (Å²) >= 11 is 1.45. The summed E-state index contributed by atoms with van der Waals surface area (Å²) in [6.07, 6.45) is 0. The first-order chi connectivity index (χ1) is 11.0. The summed E-state index contributed by atoms with van der Waals surface area (Å²) in [6, 6.07) is 5.68. The third-order valence-electron chi connectivity index (χ3n) is 3.93. The van der Waals surface area contributed by atoms with E-state index in [2.05, 4.69) is 5.32 Å². The molecule has 2 heterocycles. The van der Waals surface area contributed by atoms with Crippen LogP contribution in [0.3, 0.4) is 0 Å². The molecule has 1 aromatic heterocycles. The smallest absolute Gasteiger partial charge is 0.325 e. The van der Waals surface area contributed by atoms with Crippen LogP contribution in [0.25, 0.3) is 0 Å². The van der Waals surface area contributed by atoms with Gasteiger partial charge in [-0.15, -0.1) is 0 Å². The highest BCUT2D eigenvalue weighted by Crippen LogP contribution is 2.31. The van der Waals surface area contributed by atoms with Crippen LogP contribution in [0.2, 0.25) is 0 Å². The fourth-order valence-electron chi connectivity index (χ4n) is 2.58. The van der Waals surface area contributed by atoms with Gasteiger partial charge in [-0.1, -0.05) is 6.07 Å². The van der Waals surface area contributed by atoms with Gasteiger partial charge in [0.2, 0.25) is 0 Å². The van der Waals surface area contributed by atoms with Gasteiger partial charge < -0.3 is 10.1 Å². The summed E-state index contributed by atoms with van der Waals surface area (Å²) in [6.45, 7) is 1.68. The van der Waals surface area contributed by atoms with Crippen LogP contribution in [0.1, 0.15) is 18.1 Å². The van der Waals surface area contributed by atoms with E-state index < -0.39 is 17.4 Å². The molecular weight excluding hydrogens is 319 g/mol. The van der Waals surface area contributed by atoms with Crippen molar-refractivity contribution in [2.45, 2.75) is 19.0 Å². The number of thiophene rings is 1. The average molecular weight is 334 g/mol. The molecule has 1 aromatic carbocycles. The van der Waals surface area contributed by atoms with Crippen LogP contribution in [0.5, 0.6) is 5.75 Å². The highest BCUT2D eigenvalue weighted by atomic mass is 32.1. The Kier molecular flexibility index (Phi) is 3.81. The predicted molar refractivity (Wildman–Crippen MR) is 83.7 cm³/mol. The van der Waals surface area contributed by atoms with E-state index in [0.29, 0.717) is 5.56 Å². The topological polar surface area (TPSA) is 58.6 Å². The SMILES string of the molecule is COc1ccc(CN2C(=O)N[C@](C)(c3ccsc3)C2=O)cc1F. The van der Waals surface area contributed by atoms with Crippen molar-refractivity contribution in [1.29, 1.82) is 0 Å². The minimum absolute atomic E-state index is 0.00527. The number of urea groups is 1. The van der Waals surface area contributed by atoms with Crippen LogP contribution in [-0.2, 0) is 16.9 Å². The lowest BCUT2D eigenvalue weighted by Gasteiger charge is -2.20.